The molecular formula is C24H21ClN2O5. The second-order valence-corrected chi connectivity index (χ2v) is 7.09. The molecule has 3 aromatic carbocycles. The van der Waals surface area contributed by atoms with E-state index >= 15 is 0 Å². The summed E-state index contributed by atoms with van der Waals surface area (Å²) in [5.41, 5.74) is 1.16. The van der Waals surface area contributed by atoms with Crippen molar-refractivity contribution in [3.05, 3.63) is 83.9 Å². The Bertz CT molecular complexity index is 1070. The number of carbonyl (C=O) groups excluding carboxylic acids is 3. The molecule has 0 aliphatic heterocycles. The fraction of sp³-hybridized carbons (Fsp3) is 0.125. The van der Waals surface area contributed by atoms with Crippen molar-refractivity contribution in [2.24, 2.45) is 0 Å². The van der Waals surface area contributed by atoms with Gasteiger partial charge in [-0.2, -0.15) is 0 Å². The summed E-state index contributed by atoms with van der Waals surface area (Å²) < 4.78 is 10.6. The van der Waals surface area contributed by atoms with E-state index in [0.717, 1.165) is 0 Å². The molecule has 0 fully saturated rings. The minimum atomic E-state index is -0.633. The quantitative estimate of drug-likeness (QED) is 0.444. The highest BCUT2D eigenvalue weighted by Crippen LogP contribution is 2.29. The zero-order valence-corrected chi connectivity index (χ0v) is 17.8. The number of anilines is 2. The second-order valence-electron chi connectivity index (χ2n) is 6.68. The molecule has 7 nitrogen and oxygen atoms in total. The Balaban J connectivity index is 1.37. The molecule has 3 aromatic rings. The fourth-order valence-electron chi connectivity index (χ4n) is 2.64. The van der Waals surface area contributed by atoms with Gasteiger partial charge >= 0.3 is 5.97 Å². The predicted octanol–water partition coefficient (Wildman–Crippen LogP) is 5.03. The number of carbonyl (C=O) groups is 3. The van der Waals surface area contributed by atoms with Gasteiger partial charge in [-0.3, -0.25) is 14.4 Å². The van der Waals surface area contributed by atoms with Gasteiger partial charge in [0.2, 0.25) is 5.91 Å². The van der Waals surface area contributed by atoms with Crippen LogP contribution < -0.4 is 15.4 Å². The number of rotatable bonds is 9. The molecular weight excluding hydrogens is 432 g/mol. The van der Waals surface area contributed by atoms with Crippen LogP contribution in [0.4, 0.5) is 11.4 Å². The van der Waals surface area contributed by atoms with Crippen molar-refractivity contribution in [2.45, 2.75) is 12.8 Å². The van der Waals surface area contributed by atoms with E-state index in [1.165, 1.54) is 0 Å². The van der Waals surface area contributed by atoms with Crippen molar-refractivity contribution in [1.82, 2.24) is 0 Å². The minimum absolute atomic E-state index is 0.0724. The minimum Gasteiger partial charge on any atom is -0.456 e. The van der Waals surface area contributed by atoms with E-state index in [1.54, 1.807) is 60.7 Å². The van der Waals surface area contributed by atoms with Gasteiger partial charge in [-0.25, -0.2) is 0 Å². The predicted molar refractivity (Wildman–Crippen MR) is 122 cm³/mol. The number of hydrogen-bond acceptors (Lipinski definition) is 5. The van der Waals surface area contributed by atoms with E-state index in [2.05, 4.69) is 10.6 Å². The lowest BCUT2D eigenvalue weighted by molar-refractivity contribution is -0.147. The molecule has 0 aliphatic rings. The van der Waals surface area contributed by atoms with Crippen LogP contribution in [0.25, 0.3) is 0 Å². The van der Waals surface area contributed by atoms with E-state index in [4.69, 9.17) is 21.1 Å². The molecule has 32 heavy (non-hydrogen) atoms. The van der Waals surface area contributed by atoms with Gasteiger partial charge in [0.1, 0.15) is 11.5 Å². The number of para-hydroxylation sites is 2. The van der Waals surface area contributed by atoms with E-state index in [-0.39, 0.29) is 18.7 Å². The van der Waals surface area contributed by atoms with Crippen molar-refractivity contribution in [3.8, 4) is 11.5 Å². The van der Waals surface area contributed by atoms with Crippen LogP contribution in [-0.4, -0.2) is 24.4 Å². The topological polar surface area (TPSA) is 93.7 Å². The molecule has 0 aromatic heterocycles. The summed E-state index contributed by atoms with van der Waals surface area (Å²) in [5, 5.41) is 5.79. The molecule has 3 rings (SSSR count). The zero-order valence-electron chi connectivity index (χ0n) is 17.0. The Morgan fingerprint density at radius 2 is 1.34 bits per heavy atom. The van der Waals surface area contributed by atoms with E-state index in [0.29, 0.717) is 27.9 Å². The lowest BCUT2D eigenvalue weighted by Crippen LogP contribution is -2.21. The Labute approximate surface area is 190 Å². The summed E-state index contributed by atoms with van der Waals surface area (Å²) in [6.45, 7) is -0.414. The molecule has 0 bridgehead atoms. The van der Waals surface area contributed by atoms with E-state index in [9.17, 15) is 14.4 Å². The SMILES string of the molecule is O=C(CCC(=O)OCC(=O)Nc1ccccc1)Nc1ccc(Oc2ccccc2Cl)cc1. The number of hydrogen-bond donors (Lipinski definition) is 2. The molecule has 0 saturated carbocycles. The Morgan fingerprint density at radius 3 is 2.06 bits per heavy atom. The van der Waals surface area contributed by atoms with Gasteiger partial charge in [0, 0.05) is 17.8 Å². The van der Waals surface area contributed by atoms with Crippen LogP contribution in [0.5, 0.6) is 11.5 Å². The maximum absolute atomic E-state index is 12.1. The third-order valence-electron chi connectivity index (χ3n) is 4.18. The van der Waals surface area contributed by atoms with Crippen LogP contribution in [0.1, 0.15) is 12.8 Å². The molecule has 0 unspecified atom stereocenters. The Hall–Kier alpha value is -3.84. The van der Waals surface area contributed by atoms with Crippen LogP contribution in [0.3, 0.4) is 0 Å². The van der Waals surface area contributed by atoms with Crippen molar-refractivity contribution >= 4 is 40.8 Å². The highest BCUT2D eigenvalue weighted by molar-refractivity contribution is 6.32. The van der Waals surface area contributed by atoms with Gasteiger partial charge < -0.3 is 20.1 Å². The number of benzene rings is 3. The van der Waals surface area contributed by atoms with Crippen LogP contribution >= 0.6 is 11.6 Å². The van der Waals surface area contributed by atoms with Gasteiger partial charge in [-0.1, -0.05) is 41.9 Å². The van der Waals surface area contributed by atoms with Gasteiger partial charge in [-0.15, -0.1) is 0 Å². The Morgan fingerprint density at radius 1 is 0.719 bits per heavy atom. The molecule has 2 N–H and O–H groups in total. The summed E-state index contributed by atoms with van der Waals surface area (Å²) in [5.74, 6) is -0.342. The molecule has 164 valence electrons. The first kappa shape index (κ1) is 22.8. The van der Waals surface area contributed by atoms with E-state index in [1.807, 2.05) is 18.2 Å². The highest BCUT2D eigenvalue weighted by Gasteiger charge is 2.11. The monoisotopic (exact) mass is 452 g/mol. The van der Waals surface area contributed by atoms with Crippen molar-refractivity contribution in [1.29, 1.82) is 0 Å². The lowest BCUT2D eigenvalue weighted by Gasteiger charge is -2.09. The number of halogens is 1. The molecule has 0 heterocycles. The molecule has 0 aliphatic carbocycles. The van der Waals surface area contributed by atoms with Crippen molar-refractivity contribution < 1.29 is 23.9 Å². The van der Waals surface area contributed by atoms with E-state index < -0.39 is 18.5 Å². The third kappa shape index (κ3) is 7.45. The first-order chi connectivity index (χ1) is 15.5. The maximum Gasteiger partial charge on any atom is 0.306 e. The van der Waals surface area contributed by atoms with Crippen molar-refractivity contribution in [2.75, 3.05) is 17.2 Å². The van der Waals surface area contributed by atoms with Gasteiger partial charge in [-0.05, 0) is 48.5 Å². The highest BCUT2D eigenvalue weighted by atomic mass is 35.5. The second kappa shape index (κ2) is 11.5. The number of esters is 1. The molecule has 0 saturated heterocycles. The molecule has 8 heteroatoms. The fourth-order valence-corrected chi connectivity index (χ4v) is 2.81. The molecule has 2 amide bonds. The summed E-state index contributed by atoms with van der Waals surface area (Å²) in [6, 6.07) is 22.7. The zero-order chi connectivity index (χ0) is 22.8. The van der Waals surface area contributed by atoms with Crippen LogP contribution in [0.15, 0.2) is 78.9 Å². The van der Waals surface area contributed by atoms with Gasteiger partial charge in [0.05, 0.1) is 11.4 Å². The molecule has 0 radical (unpaired) electrons. The van der Waals surface area contributed by atoms with Gasteiger partial charge in [0.15, 0.2) is 6.61 Å². The van der Waals surface area contributed by atoms with Crippen LogP contribution in [-0.2, 0) is 19.1 Å². The van der Waals surface area contributed by atoms with Crippen LogP contribution in [0, 0.1) is 0 Å². The standard InChI is InChI=1S/C24H21ClN2O5/c25-20-8-4-5-9-21(20)32-19-12-10-18(11-13-19)26-22(28)14-15-24(30)31-16-23(29)27-17-6-2-1-3-7-17/h1-13H,14-16H2,(H,26,28)(H,27,29). The number of amides is 2. The first-order valence-electron chi connectivity index (χ1n) is 9.82. The van der Waals surface area contributed by atoms with Gasteiger partial charge in [0.25, 0.3) is 5.91 Å². The van der Waals surface area contributed by atoms with Crippen molar-refractivity contribution in [3.63, 3.8) is 0 Å². The lowest BCUT2D eigenvalue weighted by atomic mass is 10.2. The average molecular weight is 453 g/mol. The number of ether oxygens (including phenoxy) is 2. The number of nitrogens with one attached hydrogen (secondary N) is 2. The molecule has 0 atom stereocenters. The van der Waals surface area contributed by atoms with Crippen LogP contribution in [0.2, 0.25) is 5.02 Å². The third-order valence-corrected chi connectivity index (χ3v) is 4.49. The Kier molecular flexibility index (Phi) is 8.22. The maximum atomic E-state index is 12.1. The summed E-state index contributed by atoms with van der Waals surface area (Å²) >= 11 is 6.07. The molecule has 0 spiro atoms. The summed E-state index contributed by atoms with van der Waals surface area (Å²) in [7, 11) is 0. The summed E-state index contributed by atoms with van der Waals surface area (Å²) in [4.78, 5) is 35.6. The largest absolute Gasteiger partial charge is 0.456 e. The normalized spacial score (nSPS) is 10.2. The smallest absolute Gasteiger partial charge is 0.306 e. The average Bonchev–Trinajstić information content (AvgIpc) is 2.80. The summed E-state index contributed by atoms with van der Waals surface area (Å²) in [6.07, 6.45) is -0.213. The first-order valence-corrected chi connectivity index (χ1v) is 10.2.